The number of aliphatic imine (C=N–C) groups is 1. The molecule has 0 spiro atoms. The number of hydrogen-bond donors (Lipinski definition) is 2. The van der Waals surface area contributed by atoms with E-state index in [0.29, 0.717) is 0 Å². The van der Waals surface area contributed by atoms with E-state index in [-0.39, 0.29) is 5.82 Å². The number of nitrogens with zero attached hydrogens (tertiary/aromatic N) is 2. The first kappa shape index (κ1) is 16.9. The van der Waals surface area contributed by atoms with Gasteiger partial charge < -0.3 is 10.6 Å². The summed E-state index contributed by atoms with van der Waals surface area (Å²) in [6.07, 6.45) is 4.42. The van der Waals surface area contributed by atoms with Crippen LogP contribution in [0.4, 0.5) is 4.39 Å². The SMILES string of the molecule is CN=C(NCCCc1cccc(F)c1)NCCc1ccccn1. The van der Waals surface area contributed by atoms with Gasteiger partial charge >= 0.3 is 0 Å². The third-order valence-corrected chi connectivity index (χ3v) is 3.45. The molecule has 0 saturated carbocycles. The fourth-order valence-electron chi connectivity index (χ4n) is 2.27. The Hall–Kier alpha value is -2.43. The van der Waals surface area contributed by atoms with E-state index in [1.807, 2.05) is 24.3 Å². The number of guanidine groups is 1. The van der Waals surface area contributed by atoms with E-state index >= 15 is 0 Å². The fourth-order valence-corrected chi connectivity index (χ4v) is 2.27. The van der Waals surface area contributed by atoms with Crippen LogP contribution in [0.2, 0.25) is 0 Å². The van der Waals surface area contributed by atoms with Crippen LogP contribution in [-0.2, 0) is 12.8 Å². The van der Waals surface area contributed by atoms with Crippen molar-refractivity contribution >= 4 is 5.96 Å². The van der Waals surface area contributed by atoms with Crippen LogP contribution in [0.5, 0.6) is 0 Å². The zero-order valence-corrected chi connectivity index (χ0v) is 13.4. The summed E-state index contributed by atoms with van der Waals surface area (Å²) < 4.78 is 13.1. The summed E-state index contributed by atoms with van der Waals surface area (Å²) >= 11 is 0. The maximum Gasteiger partial charge on any atom is 0.190 e. The summed E-state index contributed by atoms with van der Waals surface area (Å²) in [4.78, 5) is 8.48. The van der Waals surface area contributed by atoms with Crippen LogP contribution in [0, 0.1) is 5.82 Å². The molecule has 0 saturated heterocycles. The second kappa shape index (κ2) is 9.56. The maximum absolute atomic E-state index is 13.1. The van der Waals surface area contributed by atoms with E-state index in [2.05, 4.69) is 20.6 Å². The number of aromatic nitrogens is 1. The summed E-state index contributed by atoms with van der Waals surface area (Å²) in [5.74, 6) is 0.600. The van der Waals surface area contributed by atoms with Gasteiger partial charge in [-0.3, -0.25) is 9.98 Å². The molecule has 0 aliphatic rings. The van der Waals surface area contributed by atoms with Crippen molar-refractivity contribution < 1.29 is 4.39 Å². The Kier molecular flexibility index (Phi) is 7.04. The molecule has 1 heterocycles. The minimum Gasteiger partial charge on any atom is -0.356 e. The Labute approximate surface area is 136 Å². The number of hydrogen-bond acceptors (Lipinski definition) is 2. The first-order valence-electron chi connectivity index (χ1n) is 7.87. The average molecular weight is 314 g/mol. The van der Waals surface area contributed by atoms with Gasteiger partial charge in [-0.1, -0.05) is 18.2 Å². The van der Waals surface area contributed by atoms with Crippen molar-refractivity contribution in [3.8, 4) is 0 Å². The summed E-state index contributed by atoms with van der Waals surface area (Å²) in [6, 6.07) is 12.7. The molecule has 122 valence electrons. The van der Waals surface area contributed by atoms with Crippen molar-refractivity contribution in [1.82, 2.24) is 15.6 Å². The molecule has 4 nitrogen and oxygen atoms in total. The lowest BCUT2D eigenvalue weighted by molar-refractivity contribution is 0.624. The Bertz CT molecular complexity index is 613. The molecule has 2 aromatic rings. The molecular weight excluding hydrogens is 291 g/mol. The van der Waals surface area contributed by atoms with Crippen LogP contribution in [0.25, 0.3) is 0 Å². The molecule has 2 rings (SSSR count). The van der Waals surface area contributed by atoms with Gasteiger partial charge in [-0.25, -0.2) is 4.39 Å². The number of nitrogens with one attached hydrogen (secondary N) is 2. The number of pyridine rings is 1. The molecule has 5 heteroatoms. The van der Waals surface area contributed by atoms with Crippen LogP contribution in [0.3, 0.4) is 0 Å². The standard InChI is InChI=1S/C18H23FN4/c1-20-18(23-13-10-17-9-2-3-11-21-17)22-12-5-7-15-6-4-8-16(19)14-15/h2-4,6,8-9,11,14H,5,7,10,12-13H2,1H3,(H2,20,22,23). The molecule has 0 amide bonds. The van der Waals surface area contributed by atoms with Gasteiger partial charge in [-0.15, -0.1) is 0 Å². The monoisotopic (exact) mass is 314 g/mol. The van der Waals surface area contributed by atoms with E-state index in [9.17, 15) is 4.39 Å². The van der Waals surface area contributed by atoms with Crippen LogP contribution >= 0.6 is 0 Å². The molecule has 1 aromatic heterocycles. The van der Waals surface area contributed by atoms with Gasteiger partial charge in [-0.05, 0) is 42.7 Å². The summed E-state index contributed by atoms with van der Waals surface area (Å²) in [7, 11) is 1.75. The Balaban J connectivity index is 1.63. The van der Waals surface area contributed by atoms with E-state index in [0.717, 1.165) is 49.6 Å². The van der Waals surface area contributed by atoms with Crippen LogP contribution in [0.15, 0.2) is 53.7 Å². The summed E-state index contributed by atoms with van der Waals surface area (Å²) in [5.41, 5.74) is 2.08. The molecule has 0 aliphatic heterocycles. The lowest BCUT2D eigenvalue weighted by Crippen LogP contribution is -2.38. The van der Waals surface area contributed by atoms with Crippen LogP contribution < -0.4 is 10.6 Å². The molecular formula is C18H23FN4. The largest absolute Gasteiger partial charge is 0.356 e. The smallest absolute Gasteiger partial charge is 0.190 e. The minimum absolute atomic E-state index is 0.178. The van der Waals surface area contributed by atoms with Gasteiger partial charge in [0.25, 0.3) is 0 Å². The molecule has 1 aromatic carbocycles. The van der Waals surface area contributed by atoms with Crippen LogP contribution in [0.1, 0.15) is 17.7 Å². The molecule has 2 N–H and O–H groups in total. The van der Waals surface area contributed by atoms with E-state index in [4.69, 9.17) is 0 Å². The highest BCUT2D eigenvalue weighted by Crippen LogP contribution is 2.05. The predicted molar refractivity (Wildman–Crippen MR) is 92.0 cm³/mol. The topological polar surface area (TPSA) is 49.3 Å². The highest BCUT2D eigenvalue weighted by atomic mass is 19.1. The van der Waals surface area contributed by atoms with Gasteiger partial charge in [0.05, 0.1) is 0 Å². The summed E-state index contributed by atoms with van der Waals surface area (Å²) in [6.45, 7) is 1.57. The van der Waals surface area contributed by atoms with Gasteiger partial charge in [0.1, 0.15) is 5.82 Å². The quantitative estimate of drug-likeness (QED) is 0.469. The number of aryl methyl sites for hydroxylation is 1. The molecule has 23 heavy (non-hydrogen) atoms. The molecule has 0 bridgehead atoms. The number of rotatable bonds is 7. The highest BCUT2D eigenvalue weighted by molar-refractivity contribution is 5.79. The molecule has 0 fully saturated rings. The molecule has 0 aliphatic carbocycles. The Morgan fingerprint density at radius 3 is 2.70 bits per heavy atom. The molecule has 0 radical (unpaired) electrons. The van der Waals surface area contributed by atoms with Crippen molar-refractivity contribution in [1.29, 1.82) is 0 Å². The second-order valence-corrected chi connectivity index (χ2v) is 5.23. The van der Waals surface area contributed by atoms with Gasteiger partial charge in [0, 0.05) is 38.4 Å². The number of benzene rings is 1. The normalized spacial score (nSPS) is 11.3. The lowest BCUT2D eigenvalue weighted by Gasteiger charge is -2.11. The summed E-state index contributed by atoms with van der Waals surface area (Å²) in [5, 5.41) is 6.53. The number of halogens is 1. The van der Waals surface area contributed by atoms with E-state index in [1.165, 1.54) is 6.07 Å². The van der Waals surface area contributed by atoms with Crippen molar-refractivity contribution in [2.24, 2.45) is 4.99 Å². The predicted octanol–water partition coefficient (Wildman–Crippen LogP) is 2.56. The van der Waals surface area contributed by atoms with Crippen molar-refractivity contribution in [3.63, 3.8) is 0 Å². The second-order valence-electron chi connectivity index (χ2n) is 5.23. The van der Waals surface area contributed by atoms with Crippen molar-refractivity contribution in [3.05, 3.63) is 65.7 Å². The van der Waals surface area contributed by atoms with E-state index in [1.54, 1.807) is 25.4 Å². The zero-order chi connectivity index (χ0) is 16.3. The van der Waals surface area contributed by atoms with Gasteiger partial charge in [0.2, 0.25) is 0 Å². The Morgan fingerprint density at radius 2 is 1.96 bits per heavy atom. The zero-order valence-electron chi connectivity index (χ0n) is 13.4. The van der Waals surface area contributed by atoms with Crippen LogP contribution in [-0.4, -0.2) is 31.1 Å². The van der Waals surface area contributed by atoms with Gasteiger partial charge in [-0.2, -0.15) is 0 Å². The third kappa shape index (κ3) is 6.46. The molecule has 0 unspecified atom stereocenters. The average Bonchev–Trinajstić information content (AvgIpc) is 2.58. The fraction of sp³-hybridized carbons (Fsp3) is 0.333. The Morgan fingerprint density at radius 1 is 1.09 bits per heavy atom. The first-order valence-corrected chi connectivity index (χ1v) is 7.87. The van der Waals surface area contributed by atoms with Crippen molar-refractivity contribution in [2.75, 3.05) is 20.1 Å². The third-order valence-electron chi connectivity index (χ3n) is 3.45. The maximum atomic E-state index is 13.1. The highest BCUT2D eigenvalue weighted by Gasteiger charge is 1.99. The first-order chi connectivity index (χ1) is 11.3. The van der Waals surface area contributed by atoms with Crippen molar-refractivity contribution in [2.45, 2.75) is 19.3 Å². The van der Waals surface area contributed by atoms with E-state index < -0.39 is 0 Å². The minimum atomic E-state index is -0.178. The molecule has 0 atom stereocenters. The lowest BCUT2D eigenvalue weighted by atomic mass is 10.1. The van der Waals surface area contributed by atoms with Gasteiger partial charge in [0.15, 0.2) is 5.96 Å².